The molecule has 4 heteroatoms. The minimum Gasteiger partial charge on any atom is -0.461 e. The lowest BCUT2D eigenvalue weighted by atomic mass is 9.77. The van der Waals surface area contributed by atoms with Gasteiger partial charge in [-0.25, -0.2) is 0 Å². The molecular formula is C15H25IO3. The van der Waals surface area contributed by atoms with Crippen LogP contribution < -0.4 is 0 Å². The average molecular weight is 380 g/mol. The molecular weight excluding hydrogens is 355 g/mol. The molecule has 2 bridgehead atoms. The maximum absolute atomic E-state index is 12.1. The number of fused-ring (bicyclic) bond motifs is 2. The summed E-state index contributed by atoms with van der Waals surface area (Å²) in [5, 5.41) is 10.2. The molecule has 19 heavy (non-hydrogen) atoms. The molecule has 2 aliphatic carbocycles. The highest BCUT2D eigenvalue weighted by Crippen LogP contribution is 2.53. The molecule has 0 aliphatic heterocycles. The zero-order valence-corrected chi connectivity index (χ0v) is 14.4. The molecule has 2 fully saturated rings. The molecule has 0 aromatic heterocycles. The van der Waals surface area contributed by atoms with E-state index in [0.29, 0.717) is 17.8 Å². The van der Waals surface area contributed by atoms with Gasteiger partial charge in [0, 0.05) is 0 Å². The van der Waals surface area contributed by atoms with Gasteiger partial charge in [0.2, 0.25) is 0 Å². The summed E-state index contributed by atoms with van der Waals surface area (Å²) < 4.78 is 5.33. The molecule has 0 spiro atoms. The summed E-state index contributed by atoms with van der Waals surface area (Å²) in [6.45, 7) is 7.75. The lowest BCUT2D eigenvalue weighted by molar-refractivity contribution is -0.154. The molecule has 0 radical (unpaired) electrons. The van der Waals surface area contributed by atoms with Crippen LogP contribution in [-0.2, 0) is 9.53 Å². The van der Waals surface area contributed by atoms with Gasteiger partial charge in [0.05, 0.1) is 5.60 Å². The Morgan fingerprint density at radius 2 is 1.89 bits per heavy atom. The van der Waals surface area contributed by atoms with Crippen molar-refractivity contribution in [1.82, 2.24) is 0 Å². The van der Waals surface area contributed by atoms with E-state index in [1.165, 1.54) is 0 Å². The number of aliphatic hydroxyl groups is 1. The van der Waals surface area contributed by atoms with Gasteiger partial charge in [-0.05, 0) is 64.2 Å². The summed E-state index contributed by atoms with van der Waals surface area (Å²) in [6.07, 6.45) is 3.91. The zero-order valence-electron chi connectivity index (χ0n) is 12.3. The normalized spacial score (nSPS) is 37.2. The van der Waals surface area contributed by atoms with Crippen molar-refractivity contribution in [2.45, 2.75) is 68.5 Å². The van der Waals surface area contributed by atoms with Crippen molar-refractivity contribution in [2.24, 2.45) is 17.8 Å². The number of carbonyl (C=O) groups is 1. The van der Waals surface area contributed by atoms with Crippen LogP contribution in [0, 0.1) is 17.8 Å². The van der Waals surface area contributed by atoms with E-state index in [2.05, 4.69) is 22.6 Å². The molecule has 110 valence electrons. The first kappa shape index (κ1) is 15.5. The number of hydrogen-bond donors (Lipinski definition) is 1. The maximum Gasteiger partial charge on any atom is 0.322 e. The summed E-state index contributed by atoms with van der Waals surface area (Å²) >= 11 is 2.18. The number of carbonyl (C=O) groups excluding carboxylic acids is 1. The Labute approximate surface area is 129 Å². The highest BCUT2D eigenvalue weighted by molar-refractivity contribution is 14.1. The minimum absolute atomic E-state index is 0.0760. The molecule has 2 rings (SSSR count). The largest absolute Gasteiger partial charge is 0.461 e. The van der Waals surface area contributed by atoms with E-state index in [0.717, 1.165) is 25.7 Å². The van der Waals surface area contributed by atoms with Crippen molar-refractivity contribution < 1.29 is 14.6 Å². The van der Waals surface area contributed by atoms with Crippen LogP contribution in [-0.4, -0.2) is 26.2 Å². The second-order valence-corrected chi connectivity index (χ2v) is 9.36. The Morgan fingerprint density at radius 1 is 1.26 bits per heavy atom. The van der Waals surface area contributed by atoms with Crippen LogP contribution in [0.2, 0.25) is 0 Å². The number of halogens is 1. The van der Waals surface area contributed by atoms with Gasteiger partial charge in [0.15, 0.2) is 0 Å². The molecule has 0 amide bonds. The Hall–Kier alpha value is 0.160. The van der Waals surface area contributed by atoms with Crippen molar-refractivity contribution >= 4 is 28.6 Å². The first-order valence-electron chi connectivity index (χ1n) is 7.27. The monoisotopic (exact) mass is 380 g/mol. The summed E-state index contributed by atoms with van der Waals surface area (Å²) in [4.78, 5) is 12.1. The third-order valence-corrected chi connectivity index (χ3v) is 6.25. The fourth-order valence-electron chi connectivity index (χ4n) is 3.64. The van der Waals surface area contributed by atoms with Gasteiger partial charge in [-0.1, -0.05) is 29.5 Å². The van der Waals surface area contributed by atoms with E-state index in [9.17, 15) is 9.90 Å². The van der Waals surface area contributed by atoms with Gasteiger partial charge in [-0.15, -0.1) is 0 Å². The average Bonchev–Trinajstić information content (AvgIpc) is 2.87. The van der Waals surface area contributed by atoms with Crippen LogP contribution in [0.4, 0.5) is 0 Å². The van der Waals surface area contributed by atoms with E-state index in [1.54, 1.807) is 0 Å². The Kier molecular flexibility index (Phi) is 4.23. The molecule has 5 atom stereocenters. The molecule has 0 saturated heterocycles. The zero-order chi connectivity index (χ0) is 14.4. The number of rotatable bonds is 4. The third-order valence-electron chi connectivity index (χ3n) is 5.05. The molecule has 1 N–H and O–H groups in total. The maximum atomic E-state index is 12.1. The van der Waals surface area contributed by atoms with E-state index < -0.39 is 9.02 Å². The van der Waals surface area contributed by atoms with E-state index >= 15 is 0 Å². The van der Waals surface area contributed by atoms with E-state index in [4.69, 9.17) is 4.74 Å². The Bertz CT molecular complexity index is 359. The van der Waals surface area contributed by atoms with Crippen LogP contribution in [0.1, 0.15) is 53.4 Å². The Morgan fingerprint density at radius 3 is 2.32 bits per heavy atom. The summed E-state index contributed by atoms with van der Waals surface area (Å²) in [5.74, 6) is 1.26. The molecule has 2 saturated carbocycles. The van der Waals surface area contributed by atoms with Gasteiger partial charge in [0.25, 0.3) is 0 Å². The van der Waals surface area contributed by atoms with Gasteiger partial charge >= 0.3 is 5.97 Å². The first-order valence-corrected chi connectivity index (χ1v) is 8.35. The van der Waals surface area contributed by atoms with Gasteiger partial charge in [-0.3, -0.25) is 4.79 Å². The summed E-state index contributed by atoms with van der Waals surface area (Å²) in [5.41, 5.74) is -0.602. The highest BCUT2D eigenvalue weighted by atomic mass is 127. The molecule has 0 aromatic carbocycles. The number of alkyl halides is 1. The fourth-order valence-corrected chi connectivity index (χ4v) is 3.76. The van der Waals surface area contributed by atoms with Crippen LogP contribution in [0.15, 0.2) is 0 Å². The van der Waals surface area contributed by atoms with Crippen molar-refractivity contribution in [3.63, 3.8) is 0 Å². The second-order valence-electron chi connectivity index (χ2n) is 6.98. The molecule has 2 aliphatic rings. The Balaban J connectivity index is 1.94. The molecule has 0 aromatic rings. The standard InChI is InChI=1S/C15H25IO3/c1-5-15(4,16)13(17)19-12-8-9-6-10(12)7-11(9)14(2,3)18/h9-12,18H,5-8H2,1-4H3. The van der Waals surface area contributed by atoms with Crippen molar-refractivity contribution in [1.29, 1.82) is 0 Å². The third kappa shape index (κ3) is 3.09. The number of ether oxygens (including phenoxy) is 1. The van der Waals surface area contributed by atoms with Crippen molar-refractivity contribution in [2.75, 3.05) is 0 Å². The van der Waals surface area contributed by atoms with Gasteiger partial charge in [0.1, 0.15) is 9.53 Å². The smallest absolute Gasteiger partial charge is 0.322 e. The molecule has 3 nitrogen and oxygen atoms in total. The lowest BCUT2D eigenvalue weighted by Gasteiger charge is -2.36. The van der Waals surface area contributed by atoms with Gasteiger partial charge < -0.3 is 9.84 Å². The molecule has 5 unspecified atom stereocenters. The minimum atomic E-state index is -0.602. The van der Waals surface area contributed by atoms with Crippen molar-refractivity contribution in [3.8, 4) is 0 Å². The summed E-state index contributed by atoms with van der Waals surface area (Å²) in [6, 6.07) is 0. The number of esters is 1. The predicted octanol–water partition coefficient (Wildman–Crippen LogP) is 3.32. The van der Waals surface area contributed by atoms with Crippen LogP contribution in [0.3, 0.4) is 0 Å². The quantitative estimate of drug-likeness (QED) is 0.463. The second kappa shape index (κ2) is 5.17. The predicted molar refractivity (Wildman–Crippen MR) is 83.2 cm³/mol. The van der Waals surface area contributed by atoms with Gasteiger partial charge in [-0.2, -0.15) is 0 Å². The van der Waals surface area contributed by atoms with E-state index in [-0.39, 0.29) is 12.1 Å². The first-order chi connectivity index (χ1) is 8.65. The topological polar surface area (TPSA) is 46.5 Å². The lowest BCUT2D eigenvalue weighted by Crippen LogP contribution is -2.40. The number of hydrogen-bond acceptors (Lipinski definition) is 3. The molecule has 0 heterocycles. The summed E-state index contributed by atoms with van der Waals surface area (Å²) in [7, 11) is 0. The highest BCUT2D eigenvalue weighted by Gasteiger charge is 2.52. The van der Waals surface area contributed by atoms with E-state index in [1.807, 2.05) is 27.7 Å². The van der Waals surface area contributed by atoms with Crippen molar-refractivity contribution in [3.05, 3.63) is 0 Å². The SMILES string of the molecule is CCC(C)(I)C(=O)OC1CC2CC1CC2C(C)(C)O. The van der Waals surface area contributed by atoms with Crippen LogP contribution in [0.25, 0.3) is 0 Å². The van der Waals surface area contributed by atoms with Crippen LogP contribution >= 0.6 is 22.6 Å². The van der Waals surface area contributed by atoms with Crippen LogP contribution in [0.5, 0.6) is 0 Å². The fraction of sp³-hybridized carbons (Fsp3) is 0.933.